The second kappa shape index (κ2) is 2.26. The van der Waals surface area contributed by atoms with Gasteiger partial charge in [-0.1, -0.05) is 18.6 Å². The summed E-state index contributed by atoms with van der Waals surface area (Å²) >= 11 is 0. The molecule has 0 aromatic carbocycles. The number of hydrogen-bond donors (Lipinski definition) is 1. The van der Waals surface area contributed by atoms with Crippen molar-refractivity contribution in [3.05, 3.63) is 23.5 Å². The smallest absolute Gasteiger partial charge is 0.0956 e. The summed E-state index contributed by atoms with van der Waals surface area (Å²) in [5, 5.41) is 9.17. The van der Waals surface area contributed by atoms with Gasteiger partial charge in [-0.3, -0.25) is 0 Å². The Morgan fingerprint density at radius 1 is 1.67 bits per heavy atom. The Kier molecular flexibility index (Phi) is 1.60. The Morgan fingerprint density at radius 3 is 2.78 bits per heavy atom. The fraction of sp³-hybridized carbons (Fsp3) is 0.500. The molecule has 0 fully saturated rings. The zero-order chi connectivity index (χ0) is 6.85. The normalized spacial score (nSPS) is 27.1. The lowest BCUT2D eigenvalue weighted by Gasteiger charge is -2.12. The van der Waals surface area contributed by atoms with Crippen molar-refractivity contribution in [2.45, 2.75) is 20.3 Å². The summed E-state index contributed by atoms with van der Waals surface area (Å²) in [6, 6.07) is 0. The monoisotopic (exact) mass is 124 g/mol. The lowest BCUT2D eigenvalue weighted by atomic mass is 9.97. The van der Waals surface area contributed by atoms with Crippen molar-refractivity contribution in [2.75, 3.05) is 0 Å². The maximum absolute atomic E-state index is 9.17. The van der Waals surface area contributed by atoms with Crippen LogP contribution in [0.1, 0.15) is 20.3 Å². The maximum Gasteiger partial charge on any atom is 0.0956 e. The Hall–Kier alpha value is -0.720. The van der Waals surface area contributed by atoms with Gasteiger partial charge in [0.15, 0.2) is 0 Å². The Morgan fingerprint density at radius 2 is 2.33 bits per heavy atom. The lowest BCUT2D eigenvalue weighted by molar-refractivity contribution is 0.338. The third kappa shape index (κ3) is 1.35. The van der Waals surface area contributed by atoms with Gasteiger partial charge in [-0.2, -0.15) is 0 Å². The average molecular weight is 124 g/mol. The first-order chi connectivity index (χ1) is 4.20. The van der Waals surface area contributed by atoms with Crippen LogP contribution in [-0.2, 0) is 0 Å². The summed E-state index contributed by atoms with van der Waals surface area (Å²) in [7, 11) is 0. The number of aliphatic hydroxyl groups excluding tert-OH is 1. The van der Waals surface area contributed by atoms with Crippen molar-refractivity contribution >= 4 is 0 Å². The molecule has 0 aliphatic heterocycles. The second-order valence-corrected chi connectivity index (χ2v) is 2.65. The lowest BCUT2D eigenvalue weighted by Crippen LogP contribution is -2.01. The van der Waals surface area contributed by atoms with Crippen LogP contribution in [-0.4, -0.2) is 5.11 Å². The predicted octanol–water partition coefficient (Wildman–Crippen LogP) is 2.41. The van der Waals surface area contributed by atoms with E-state index in [4.69, 9.17) is 5.11 Å². The molecule has 0 aromatic rings. The second-order valence-electron chi connectivity index (χ2n) is 2.65. The van der Waals surface area contributed by atoms with E-state index in [2.05, 4.69) is 6.08 Å². The fourth-order valence-corrected chi connectivity index (χ4v) is 0.918. The van der Waals surface area contributed by atoms with Crippen LogP contribution in [0, 0.1) is 5.92 Å². The molecule has 0 saturated heterocycles. The molecule has 1 rings (SSSR count). The first-order valence-corrected chi connectivity index (χ1v) is 3.27. The van der Waals surface area contributed by atoms with Gasteiger partial charge in [-0.15, -0.1) is 0 Å². The van der Waals surface area contributed by atoms with Crippen LogP contribution in [0.3, 0.4) is 0 Å². The Bertz CT molecular complexity index is 165. The summed E-state index contributed by atoms with van der Waals surface area (Å²) in [5.74, 6) is 0.851. The highest BCUT2D eigenvalue weighted by Gasteiger charge is 2.08. The third-order valence-electron chi connectivity index (χ3n) is 1.67. The van der Waals surface area contributed by atoms with Crippen molar-refractivity contribution in [1.82, 2.24) is 0 Å². The Balaban J connectivity index is 2.74. The van der Waals surface area contributed by atoms with Gasteiger partial charge in [0.2, 0.25) is 0 Å². The van der Waals surface area contributed by atoms with Crippen molar-refractivity contribution < 1.29 is 5.11 Å². The highest BCUT2D eigenvalue weighted by atomic mass is 16.3. The molecule has 1 nitrogen and oxygen atoms in total. The van der Waals surface area contributed by atoms with Gasteiger partial charge >= 0.3 is 0 Å². The molecular formula is C8H12O. The zero-order valence-corrected chi connectivity index (χ0v) is 5.89. The first-order valence-electron chi connectivity index (χ1n) is 3.27. The van der Waals surface area contributed by atoms with E-state index in [9.17, 15) is 0 Å². The SMILES string of the molecule is CC1=CCC(C)C(O)=C1. The third-order valence-corrected chi connectivity index (χ3v) is 1.67. The molecule has 1 aliphatic carbocycles. The molecule has 0 bridgehead atoms. The maximum atomic E-state index is 9.17. The van der Waals surface area contributed by atoms with Crippen LogP contribution >= 0.6 is 0 Å². The van der Waals surface area contributed by atoms with Crippen LogP contribution in [0.25, 0.3) is 0 Å². The van der Waals surface area contributed by atoms with Crippen LogP contribution in [0.4, 0.5) is 0 Å². The van der Waals surface area contributed by atoms with Gasteiger partial charge in [0.25, 0.3) is 0 Å². The van der Waals surface area contributed by atoms with Crippen molar-refractivity contribution in [3.8, 4) is 0 Å². The van der Waals surface area contributed by atoms with E-state index < -0.39 is 0 Å². The van der Waals surface area contributed by atoms with E-state index in [0.717, 1.165) is 6.42 Å². The van der Waals surface area contributed by atoms with Gasteiger partial charge in [0, 0.05) is 5.92 Å². The van der Waals surface area contributed by atoms with Gasteiger partial charge in [-0.05, 0) is 19.4 Å². The standard InChI is InChI=1S/C8H12O/c1-6-3-4-7(2)8(9)5-6/h3,5,7,9H,4H2,1-2H3. The number of aliphatic hydroxyl groups is 1. The molecule has 9 heavy (non-hydrogen) atoms. The van der Waals surface area contributed by atoms with Gasteiger partial charge in [0.1, 0.15) is 0 Å². The molecule has 50 valence electrons. The molecule has 1 atom stereocenters. The number of allylic oxidation sites excluding steroid dienone is 4. The van der Waals surface area contributed by atoms with Crippen LogP contribution in [0.15, 0.2) is 23.5 Å². The van der Waals surface area contributed by atoms with Crippen LogP contribution in [0.2, 0.25) is 0 Å². The largest absolute Gasteiger partial charge is 0.512 e. The summed E-state index contributed by atoms with van der Waals surface area (Å²) in [6.07, 6.45) is 4.95. The minimum atomic E-state index is 0.327. The quantitative estimate of drug-likeness (QED) is 0.525. The summed E-state index contributed by atoms with van der Waals surface area (Å²) in [5.41, 5.74) is 1.17. The molecule has 0 saturated carbocycles. The predicted molar refractivity (Wildman–Crippen MR) is 38.2 cm³/mol. The molecule has 1 unspecified atom stereocenters. The minimum Gasteiger partial charge on any atom is -0.512 e. The van der Waals surface area contributed by atoms with E-state index in [-0.39, 0.29) is 0 Å². The van der Waals surface area contributed by atoms with E-state index >= 15 is 0 Å². The first kappa shape index (κ1) is 6.40. The van der Waals surface area contributed by atoms with Crippen molar-refractivity contribution in [1.29, 1.82) is 0 Å². The van der Waals surface area contributed by atoms with E-state index in [1.54, 1.807) is 0 Å². The summed E-state index contributed by atoms with van der Waals surface area (Å²) < 4.78 is 0. The summed E-state index contributed by atoms with van der Waals surface area (Å²) in [6.45, 7) is 4.02. The summed E-state index contributed by atoms with van der Waals surface area (Å²) in [4.78, 5) is 0. The average Bonchev–Trinajstić information content (AvgIpc) is 1.80. The molecular weight excluding hydrogens is 112 g/mol. The highest BCUT2D eigenvalue weighted by molar-refractivity contribution is 5.23. The topological polar surface area (TPSA) is 20.2 Å². The molecule has 0 aromatic heterocycles. The molecule has 0 radical (unpaired) electrons. The molecule has 1 heteroatoms. The molecule has 0 amide bonds. The molecule has 0 heterocycles. The van der Waals surface area contributed by atoms with E-state index in [0.29, 0.717) is 11.7 Å². The Labute approximate surface area is 55.7 Å². The van der Waals surface area contributed by atoms with Gasteiger partial charge in [-0.25, -0.2) is 0 Å². The van der Waals surface area contributed by atoms with E-state index in [1.807, 2.05) is 19.9 Å². The van der Waals surface area contributed by atoms with Crippen LogP contribution < -0.4 is 0 Å². The number of rotatable bonds is 0. The molecule has 1 N–H and O–H groups in total. The van der Waals surface area contributed by atoms with E-state index in [1.165, 1.54) is 5.57 Å². The molecule has 0 spiro atoms. The molecule has 1 aliphatic rings. The van der Waals surface area contributed by atoms with Crippen LogP contribution in [0.5, 0.6) is 0 Å². The van der Waals surface area contributed by atoms with Gasteiger partial charge in [0.05, 0.1) is 5.76 Å². The van der Waals surface area contributed by atoms with Crippen molar-refractivity contribution in [2.24, 2.45) is 5.92 Å². The zero-order valence-electron chi connectivity index (χ0n) is 5.89. The van der Waals surface area contributed by atoms with Gasteiger partial charge < -0.3 is 5.11 Å². The highest BCUT2D eigenvalue weighted by Crippen LogP contribution is 2.20. The minimum absolute atomic E-state index is 0.327. The number of hydrogen-bond acceptors (Lipinski definition) is 1. The fourth-order valence-electron chi connectivity index (χ4n) is 0.918. The van der Waals surface area contributed by atoms with Crippen molar-refractivity contribution in [3.63, 3.8) is 0 Å².